The van der Waals surface area contributed by atoms with Crippen LogP contribution in [-0.4, -0.2) is 36.8 Å². The van der Waals surface area contributed by atoms with Gasteiger partial charge in [0.1, 0.15) is 0 Å². The number of rotatable bonds is 5. The van der Waals surface area contributed by atoms with Crippen molar-refractivity contribution >= 4 is 22.0 Å². The van der Waals surface area contributed by atoms with Crippen LogP contribution in [0.3, 0.4) is 0 Å². The molecule has 1 saturated heterocycles. The molecule has 0 amide bonds. The number of nitrogens with zero attached hydrogens (tertiary/aromatic N) is 2. The van der Waals surface area contributed by atoms with Crippen molar-refractivity contribution in [3.63, 3.8) is 0 Å². The second-order valence-corrected chi connectivity index (χ2v) is 6.22. The third-order valence-corrected chi connectivity index (χ3v) is 4.98. The Labute approximate surface area is 122 Å². The minimum absolute atomic E-state index is 0.107. The molecule has 20 heavy (non-hydrogen) atoms. The Kier molecular flexibility index (Phi) is 4.95. The lowest BCUT2D eigenvalue weighted by Gasteiger charge is -2.31. The van der Waals surface area contributed by atoms with Gasteiger partial charge in [-0.3, -0.25) is 10.1 Å². The fourth-order valence-corrected chi connectivity index (χ4v) is 3.61. The van der Waals surface area contributed by atoms with Crippen LogP contribution in [0.25, 0.3) is 0 Å². The van der Waals surface area contributed by atoms with Crippen LogP contribution in [0.5, 0.6) is 0 Å². The van der Waals surface area contributed by atoms with Crippen LogP contribution >= 0.6 is 11.3 Å². The Morgan fingerprint density at radius 3 is 2.75 bits per heavy atom. The zero-order valence-corrected chi connectivity index (χ0v) is 12.6. The average Bonchev–Trinajstić information content (AvgIpc) is 2.85. The van der Waals surface area contributed by atoms with Gasteiger partial charge in [-0.25, -0.2) is 0 Å². The molecule has 0 radical (unpaired) electrons. The second-order valence-electron chi connectivity index (χ2n) is 5.16. The van der Waals surface area contributed by atoms with E-state index in [1.54, 1.807) is 14.0 Å². The number of methoxy groups -OCH3 is 1. The van der Waals surface area contributed by atoms with Gasteiger partial charge in [0, 0.05) is 37.7 Å². The minimum Gasteiger partial charge on any atom is -0.388 e. The summed E-state index contributed by atoms with van der Waals surface area (Å²) in [6.45, 7) is 3.98. The number of aliphatic hydroxyl groups is 1. The van der Waals surface area contributed by atoms with Gasteiger partial charge in [-0.05, 0) is 25.7 Å². The first-order chi connectivity index (χ1) is 9.52. The van der Waals surface area contributed by atoms with E-state index in [1.807, 2.05) is 0 Å². The van der Waals surface area contributed by atoms with Gasteiger partial charge in [0.05, 0.1) is 11.0 Å². The van der Waals surface area contributed by atoms with Gasteiger partial charge in [-0.15, -0.1) is 11.3 Å². The molecule has 1 aromatic rings. The van der Waals surface area contributed by atoms with E-state index in [1.165, 1.54) is 17.4 Å². The number of ether oxygens (including phenoxy) is 1. The van der Waals surface area contributed by atoms with Gasteiger partial charge < -0.3 is 14.7 Å². The molecule has 1 aliphatic heterocycles. The molecule has 0 bridgehead atoms. The van der Waals surface area contributed by atoms with E-state index in [-0.39, 0.29) is 10.6 Å². The summed E-state index contributed by atoms with van der Waals surface area (Å²) < 4.78 is 5.16. The van der Waals surface area contributed by atoms with Crippen molar-refractivity contribution in [2.24, 2.45) is 5.92 Å². The molecule has 6 nitrogen and oxygen atoms in total. The highest BCUT2D eigenvalue weighted by molar-refractivity contribution is 7.16. The zero-order valence-electron chi connectivity index (χ0n) is 11.7. The van der Waals surface area contributed by atoms with Crippen molar-refractivity contribution in [1.82, 2.24) is 0 Å². The fraction of sp³-hybridized carbons (Fsp3) is 0.692. The Balaban J connectivity index is 2.14. The zero-order chi connectivity index (χ0) is 14.7. The van der Waals surface area contributed by atoms with E-state index >= 15 is 0 Å². The molecule has 0 spiro atoms. The SMILES string of the molecule is COCC1CCN(c2sc([C@H](C)O)cc2[N+](=O)[O-])CC1. The third-order valence-electron chi connectivity index (χ3n) is 3.63. The Morgan fingerprint density at radius 2 is 2.25 bits per heavy atom. The summed E-state index contributed by atoms with van der Waals surface area (Å²) in [4.78, 5) is 13.5. The maximum Gasteiger partial charge on any atom is 0.304 e. The molecule has 0 aliphatic carbocycles. The van der Waals surface area contributed by atoms with Crippen molar-refractivity contribution in [3.05, 3.63) is 21.1 Å². The molecule has 112 valence electrons. The first-order valence-electron chi connectivity index (χ1n) is 6.73. The highest BCUT2D eigenvalue weighted by atomic mass is 32.1. The van der Waals surface area contributed by atoms with Crippen LogP contribution in [-0.2, 0) is 4.74 Å². The Hall–Kier alpha value is -1.18. The topological polar surface area (TPSA) is 75.8 Å². The molecule has 1 fully saturated rings. The Bertz CT molecular complexity index is 467. The highest BCUT2D eigenvalue weighted by Gasteiger charge is 2.28. The van der Waals surface area contributed by atoms with Crippen LogP contribution in [0, 0.1) is 16.0 Å². The van der Waals surface area contributed by atoms with E-state index in [0.29, 0.717) is 15.8 Å². The lowest BCUT2D eigenvalue weighted by atomic mass is 9.98. The number of piperidine rings is 1. The van der Waals surface area contributed by atoms with E-state index in [9.17, 15) is 15.2 Å². The molecule has 1 atom stereocenters. The van der Waals surface area contributed by atoms with Gasteiger partial charge in [-0.2, -0.15) is 0 Å². The fourth-order valence-electron chi connectivity index (χ4n) is 2.49. The average molecular weight is 300 g/mol. The molecule has 7 heteroatoms. The molecule has 2 heterocycles. The number of thiophene rings is 1. The van der Waals surface area contributed by atoms with Crippen molar-refractivity contribution in [2.45, 2.75) is 25.9 Å². The normalized spacial score (nSPS) is 18.2. The van der Waals surface area contributed by atoms with Crippen LogP contribution < -0.4 is 4.90 Å². The maximum atomic E-state index is 11.2. The minimum atomic E-state index is -0.668. The van der Waals surface area contributed by atoms with Crippen LogP contribution in [0.2, 0.25) is 0 Å². The van der Waals surface area contributed by atoms with E-state index < -0.39 is 6.10 Å². The quantitative estimate of drug-likeness (QED) is 0.668. The van der Waals surface area contributed by atoms with E-state index in [4.69, 9.17) is 4.74 Å². The first-order valence-corrected chi connectivity index (χ1v) is 7.54. The molecule has 0 aromatic carbocycles. The van der Waals surface area contributed by atoms with Gasteiger partial charge in [0.15, 0.2) is 5.00 Å². The summed E-state index contributed by atoms with van der Waals surface area (Å²) >= 11 is 1.32. The lowest BCUT2D eigenvalue weighted by molar-refractivity contribution is -0.383. The van der Waals surface area contributed by atoms with Gasteiger partial charge in [0.2, 0.25) is 0 Å². The standard InChI is InChI=1S/C13H20N2O4S/c1-9(16)12-7-11(15(17)18)13(20-12)14-5-3-10(4-6-14)8-19-2/h7,9-10,16H,3-6,8H2,1-2H3/t9-/m0/s1. The number of hydrogen-bond donors (Lipinski definition) is 1. The predicted octanol–water partition coefficient (Wildman–Crippen LogP) is 2.57. The van der Waals surface area contributed by atoms with Gasteiger partial charge in [0.25, 0.3) is 0 Å². The smallest absolute Gasteiger partial charge is 0.304 e. The molecule has 1 N–H and O–H groups in total. The summed E-state index contributed by atoms with van der Waals surface area (Å²) in [5.41, 5.74) is 0.107. The second kappa shape index (κ2) is 6.51. The molecule has 1 aliphatic rings. The maximum absolute atomic E-state index is 11.2. The van der Waals surface area contributed by atoms with Crippen LogP contribution in [0.15, 0.2) is 6.07 Å². The first kappa shape index (κ1) is 15.2. The molecule has 0 unspecified atom stereocenters. The van der Waals surface area contributed by atoms with Gasteiger partial charge in [-0.1, -0.05) is 0 Å². The summed E-state index contributed by atoms with van der Waals surface area (Å²) in [6, 6.07) is 1.49. The summed E-state index contributed by atoms with van der Waals surface area (Å²) in [6.07, 6.45) is 1.29. The molecule has 0 saturated carbocycles. The molecular weight excluding hydrogens is 280 g/mol. The van der Waals surface area contributed by atoms with E-state index in [2.05, 4.69) is 4.90 Å². The monoisotopic (exact) mass is 300 g/mol. The van der Waals surface area contributed by atoms with Crippen molar-refractivity contribution in [3.8, 4) is 0 Å². The molecule has 2 rings (SSSR count). The van der Waals surface area contributed by atoms with Gasteiger partial charge >= 0.3 is 5.69 Å². The number of hydrogen-bond acceptors (Lipinski definition) is 6. The Morgan fingerprint density at radius 1 is 1.60 bits per heavy atom. The molecule has 1 aromatic heterocycles. The van der Waals surface area contributed by atoms with Crippen LogP contribution in [0.4, 0.5) is 10.7 Å². The molecular formula is C13H20N2O4S. The van der Waals surface area contributed by atoms with E-state index in [0.717, 1.165) is 32.5 Å². The number of anilines is 1. The van der Waals surface area contributed by atoms with Crippen molar-refractivity contribution in [1.29, 1.82) is 0 Å². The van der Waals surface area contributed by atoms with Crippen molar-refractivity contribution < 1.29 is 14.8 Å². The largest absolute Gasteiger partial charge is 0.388 e. The highest BCUT2D eigenvalue weighted by Crippen LogP contribution is 2.41. The summed E-state index contributed by atoms with van der Waals surface area (Å²) in [5.74, 6) is 0.534. The summed E-state index contributed by atoms with van der Waals surface area (Å²) in [7, 11) is 1.70. The predicted molar refractivity (Wildman–Crippen MR) is 78.4 cm³/mol. The lowest BCUT2D eigenvalue weighted by Crippen LogP contribution is -2.34. The number of nitro groups is 1. The van der Waals surface area contributed by atoms with Crippen molar-refractivity contribution in [2.75, 3.05) is 31.7 Å². The van der Waals surface area contributed by atoms with Crippen LogP contribution in [0.1, 0.15) is 30.7 Å². The number of aliphatic hydroxyl groups excluding tert-OH is 1. The summed E-state index contributed by atoms with van der Waals surface area (Å²) in [5, 5.41) is 21.4. The third kappa shape index (κ3) is 3.28.